The molecular formula is C8H12N5O5P. The van der Waals surface area contributed by atoms with Gasteiger partial charge in [0.25, 0.3) is 5.56 Å². The van der Waals surface area contributed by atoms with Gasteiger partial charge in [-0.25, -0.2) is 4.98 Å². The smallest absolute Gasteiger partial charge is 0.328 e. The van der Waals surface area contributed by atoms with Crippen molar-refractivity contribution in [2.45, 2.75) is 12.6 Å². The van der Waals surface area contributed by atoms with Gasteiger partial charge in [-0.2, -0.15) is 4.98 Å². The van der Waals surface area contributed by atoms with Crippen molar-refractivity contribution in [3.05, 3.63) is 16.7 Å². The molecule has 0 aliphatic carbocycles. The zero-order valence-corrected chi connectivity index (χ0v) is 10.5. The Balaban J connectivity index is 2.31. The van der Waals surface area contributed by atoms with E-state index in [4.69, 9.17) is 15.5 Å². The van der Waals surface area contributed by atoms with E-state index in [1.807, 2.05) is 0 Å². The SMILES string of the molecule is Nc1nc2c(ncn2C[C@@H](O)CP(=O)(O)O)c(=O)[nH]1. The molecule has 6 N–H and O–H groups in total. The van der Waals surface area contributed by atoms with Crippen LogP contribution in [0.2, 0.25) is 0 Å². The van der Waals surface area contributed by atoms with E-state index in [1.54, 1.807) is 0 Å². The van der Waals surface area contributed by atoms with E-state index in [0.29, 0.717) is 0 Å². The number of anilines is 1. The monoisotopic (exact) mass is 289 g/mol. The molecular weight excluding hydrogens is 277 g/mol. The number of nitrogens with one attached hydrogen (secondary N) is 1. The molecule has 2 heterocycles. The highest BCUT2D eigenvalue weighted by Crippen LogP contribution is 2.35. The van der Waals surface area contributed by atoms with Gasteiger partial charge in [0.1, 0.15) is 0 Å². The normalized spacial score (nSPS) is 13.8. The first kappa shape index (κ1) is 13.7. The van der Waals surface area contributed by atoms with Gasteiger partial charge < -0.3 is 25.2 Å². The molecule has 0 aliphatic heterocycles. The summed E-state index contributed by atoms with van der Waals surface area (Å²) in [4.78, 5) is 38.9. The number of aliphatic hydroxyl groups is 1. The summed E-state index contributed by atoms with van der Waals surface area (Å²) in [7, 11) is -4.32. The topological polar surface area (TPSA) is 167 Å². The number of fused-ring (bicyclic) bond motifs is 1. The maximum atomic E-state index is 11.5. The molecule has 0 fully saturated rings. The molecule has 11 heteroatoms. The fraction of sp³-hybridized carbons (Fsp3) is 0.375. The second-order valence-corrected chi connectivity index (χ2v) is 5.72. The van der Waals surface area contributed by atoms with Crippen LogP contribution in [0.1, 0.15) is 0 Å². The van der Waals surface area contributed by atoms with E-state index < -0.39 is 25.4 Å². The minimum absolute atomic E-state index is 0.0394. The number of hydrogen-bond acceptors (Lipinski definition) is 6. The number of nitrogens with two attached hydrogens (primary N) is 1. The molecule has 104 valence electrons. The molecule has 0 saturated carbocycles. The molecule has 10 nitrogen and oxygen atoms in total. The van der Waals surface area contributed by atoms with E-state index in [1.165, 1.54) is 10.9 Å². The highest BCUT2D eigenvalue weighted by atomic mass is 31.2. The number of aliphatic hydroxyl groups excluding tert-OH is 1. The predicted octanol–water partition coefficient (Wildman–Crippen LogP) is -1.76. The fourth-order valence-electron chi connectivity index (χ4n) is 1.66. The summed E-state index contributed by atoms with van der Waals surface area (Å²) in [5.41, 5.74) is 5.05. The zero-order valence-electron chi connectivity index (χ0n) is 9.59. The Hall–Kier alpha value is -1.74. The average Bonchev–Trinajstić information content (AvgIpc) is 2.58. The molecule has 0 spiro atoms. The Bertz CT molecular complexity index is 703. The molecule has 19 heavy (non-hydrogen) atoms. The zero-order chi connectivity index (χ0) is 14.2. The van der Waals surface area contributed by atoms with Gasteiger partial charge in [-0.05, 0) is 0 Å². The minimum atomic E-state index is -4.32. The van der Waals surface area contributed by atoms with Crippen molar-refractivity contribution in [2.24, 2.45) is 0 Å². The largest absolute Gasteiger partial charge is 0.391 e. The Morgan fingerprint density at radius 3 is 2.84 bits per heavy atom. The van der Waals surface area contributed by atoms with E-state index in [2.05, 4.69) is 15.0 Å². The average molecular weight is 289 g/mol. The van der Waals surface area contributed by atoms with Crippen LogP contribution in [0.25, 0.3) is 11.2 Å². The molecule has 0 saturated heterocycles. The van der Waals surface area contributed by atoms with E-state index in [9.17, 15) is 14.5 Å². The standard InChI is InChI=1S/C8H12N5O5P/c9-8-11-6-5(7(15)12-8)10-3-13(6)1-4(14)2-19(16,17)18/h3-4,14H,1-2H2,(H2,16,17,18)(H3,9,11,12,15)/t4-/m1/s1. The summed E-state index contributed by atoms with van der Waals surface area (Å²) < 4.78 is 12.1. The van der Waals surface area contributed by atoms with Crippen molar-refractivity contribution in [2.75, 3.05) is 11.9 Å². The van der Waals surface area contributed by atoms with Gasteiger partial charge in [0.2, 0.25) is 5.95 Å². The molecule has 2 aromatic heterocycles. The van der Waals surface area contributed by atoms with E-state index in [-0.39, 0.29) is 23.7 Å². The number of imidazole rings is 1. The van der Waals surface area contributed by atoms with Crippen LogP contribution in [0, 0.1) is 0 Å². The third kappa shape index (κ3) is 3.18. The van der Waals surface area contributed by atoms with Crippen molar-refractivity contribution in [3.63, 3.8) is 0 Å². The van der Waals surface area contributed by atoms with Crippen molar-refractivity contribution in [1.29, 1.82) is 0 Å². The maximum absolute atomic E-state index is 11.5. The van der Waals surface area contributed by atoms with Gasteiger partial charge >= 0.3 is 7.60 Å². The molecule has 2 aromatic rings. The van der Waals surface area contributed by atoms with Crippen LogP contribution in [0.15, 0.2) is 11.1 Å². The second kappa shape index (κ2) is 4.74. The third-order valence-corrected chi connectivity index (χ3v) is 3.25. The van der Waals surface area contributed by atoms with Crippen molar-refractivity contribution < 1.29 is 19.5 Å². The molecule has 0 aromatic carbocycles. The molecule has 2 rings (SSSR count). The van der Waals surface area contributed by atoms with Gasteiger partial charge in [0, 0.05) is 0 Å². The lowest BCUT2D eigenvalue weighted by molar-refractivity contribution is 0.169. The number of rotatable bonds is 4. The van der Waals surface area contributed by atoms with E-state index in [0.717, 1.165) is 0 Å². The van der Waals surface area contributed by atoms with Crippen LogP contribution in [0.5, 0.6) is 0 Å². The third-order valence-electron chi connectivity index (χ3n) is 2.35. The number of aromatic amines is 1. The summed E-state index contributed by atoms with van der Waals surface area (Å²) >= 11 is 0. The van der Waals surface area contributed by atoms with Crippen LogP contribution in [-0.2, 0) is 11.1 Å². The summed E-state index contributed by atoms with van der Waals surface area (Å²) in [5, 5.41) is 9.57. The molecule has 1 atom stereocenters. The van der Waals surface area contributed by atoms with Crippen molar-refractivity contribution >= 4 is 24.7 Å². The van der Waals surface area contributed by atoms with Gasteiger partial charge in [-0.3, -0.25) is 14.3 Å². The number of aromatic nitrogens is 4. The first-order chi connectivity index (χ1) is 8.76. The van der Waals surface area contributed by atoms with Crippen molar-refractivity contribution in [1.82, 2.24) is 19.5 Å². The summed E-state index contributed by atoms with van der Waals surface area (Å²) in [6.45, 7) is -0.155. The van der Waals surface area contributed by atoms with E-state index >= 15 is 0 Å². The number of H-pyrrole nitrogens is 1. The lowest BCUT2D eigenvalue weighted by Gasteiger charge is -2.12. The highest BCUT2D eigenvalue weighted by molar-refractivity contribution is 7.51. The maximum Gasteiger partial charge on any atom is 0.328 e. The van der Waals surface area contributed by atoms with Gasteiger partial charge in [-0.15, -0.1) is 0 Å². The molecule has 0 radical (unpaired) electrons. The van der Waals surface area contributed by atoms with Crippen LogP contribution in [0.4, 0.5) is 5.95 Å². The molecule has 0 unspecified atom stereocenters. The molecule has 0 bridgehead atoms. The Labute approximate surface area is 106 Å². The summed E-state index contributed by atoms with van der Waals surface area (Å²) in [6.07, 6.45) is -0.735. The quantitative estimate of drug-likeness (QED) is 0.412. The fourth-order valence-corrected chi connectivity index (χ4v) is 2.33. The first-order valence-corrected chi connectivity index (χ1v) is 6.99. The Morgan fingerprint density at radius 2 is 2.21 bits per heavy atom. The number of nitrogen functional groups attached to an aromatic ring is 1. The second-order valence-electron chi connectivity index (χ2n) is 4.02. The Morgan fingerprint density at radius 1 is 1.53 bits per heavy atom. The first-order valence-electron chi connectivity index (χ1n) is 5.19. The molecule has 0 aliphatic rings. The minimum Gasteiger partial charge on any atom is -0.391 e. The van der Waals surface area contributed by atoms with Crippen LogP contribution < -0.4 is 11.3 Å². The summed E-state index contributed by atoms with van der Waals surface area (Å²) in [5.74, 6) is -0.108. The number of nitrogens with zero attached hydrogens (tertiary/aromatic N) is 3. The molecule has 0 amide bonds. The van der Waals surface area contributed by atoms with Crippen LogP contribution in [-0.4, -0.2) is 46.7 Å². The lowest BCUT2D eigenvalue weighted by atomic mass is 10.4. The Kier molecular flexibility index (Phi) is 3.42. The predicted molar refractivity (Wildman–Crippen MR) is 65.5 cm³/mol. The van der Waals surface area contributed by atoms with Gasteiger partial charge in [0.05, 0.1) is 25.1 Å². The van der Waals surface area contributed by atoms with Crippen LogP contribution >= 0.6 is 7.60 Å². The van der Waals surface area contributed by atoms with Crippen molar-refractivity contribution in [3.8, 4) is 0 Å². The lowest BCUT2D eigenvalue weighted by Crippen LogP contribution is -2.20. The van der Waals surface area contributed by atoms with Gasteiger partial charge in [0.15, 0.2) is 11.2 Å². The summed E-state index contributed by atoms with van der Waals surface area (Å²) in [6, 6.07) is 0. The van der Waals surface area contributed by atoms with Gasteiger partial charge in [-0.1, -0.05) is 0 Å². The highest BCUT2D eigenvalue weighted by Gasteiger charge is 2.21. The van der Waals surface area contributed by atoms with Crippen LogP contribution in [0.3, 0.4) is 0 Å². The number of hydrogen-bond donors (Lipinski definition) is 5.